The molecule has 24 heavy (non-hydrogen) atoms. The van der Waals surface area contributed by atoms with Crippen molar-refractivity contribution in [2.24, 2.45) is 0 Å². The minimum Gasteiger partial charge on any atom is -0.508 e. The van der Waals surface area contributed by atoms with E-state index in [0.29, 0.717) is 5.75 Å². The highest BCUT2D eigenvalue weighted by Crippen LogP contribution is 2.28. The average molecular weight is 329 g/mol. The number of aromatic hydroxyl groups is 1. The summed E-state index contributed by atoms with van der Waals surface area (Å²) in [5, 5.41) is 12.7. The lowest BCUT2D eigenvalue weighted by Crippen LogP contribution is -2.16. The van der Waals surface area contributed by atoms with Gasteiger partial charge in [0.2, 0.25) is 0 Å². The second-order valence-corrected chi connectivity index (χ2v) is 5.78. The van der Waals surface area contributed by atoms with Crippen LogP contribution < -0.4 is 14.8 Å². The molecule has 0 aliphatic rings. The maximum Gasteiger partial charge on any atom is 0.161 e. The van der Waals surface area contributed by atoms with E-state index in [1.54, 1.807) is 19.2 Å². The average Bonchev–Trinajstić information content (AvgIpc) is 2.61. The lowest BCUT2D eigenvalue weighted by atomic mass is 10.1. The number of phenolic OH excluding ortho intramolecular Hbond substituents is 1. The van der Waals surface area contributed by atoms with Crippen molar-refractivity contribution in [3.63, 3.8) is 0 Å². The van der Waals surface area contributed by atoms with Gasteiger partial charge in [0.1, 0.15) is 5.75 Å². The fourth-order valence-corrected chi connectivity index (χ4v) is 2.40. The second-order valence-electron chi connectivity index (χ2n) is 5.78. The third-order valence-corrected chi connectivity index (χ3v) is 3.84. The van der Waals surface area contributed by atoms with Gasteiger partial charge in [-0.25, -0.2) is 0 Å². The molecular formula is C20H27NO3. The summed E-state index contributed by atoms with van der Waals surface area (Å²) in [7, 11) is 1.67. The van der Waals surface area contributed by atoms with Crippen molar-refractivity contribution >= 4 is 0 Å². The minimum atomic E-state index is 0.306. The predicted molar refractivity (Wildman–Crippen MR) is 96.9 cm³/mol. The first kappa shape index (κ1) is 18.1. The summed E-state index contributed by atoms with van der Waals surface area (Å²) >= 11 is 0. The van der Waals surface area contributed by atoms with Gasteiger partial charge < -0.3 is 19.9 Å². The van der Waals surface area contributed by atoms with Crippen LogP contribution in [0.3, 0.4) is 0 Å². The summed E-state index contributed by atoms with van der Waals surface area (Å²) in [4.78, 5) is 0. The first-order valence-corrected chi connectivity index (χ1v) is 8.51. The van der Waals surface area contributed by atoms with Crippen LogP contribution in [0.4, 0.5) is 0 Å². The quantitative estimate of drug-likeness (QED) is 0.649. The highest BCUT2D eigenvalue weighted by molar-refractivity contribution is 5.43. The molecule has 0 aliphatic carbocycles. The molecule has 0 unspecified atom stereocenters. The molecule has 0 fully saturated rings. The van der Waals surface area contributed by atoms with Crippen LogP contribution in [0.1, 0.15) is 30.9 Å². The van der Waals surface area contributed by atoms with Crippen LogP contribution in [0.5, 0.6) is 17.2 Å². The van der Waals surface area contributed by atoms with E-state index < -0.39 is 0 Å². The number of ether oxygens (including phenoxy) is 2. The van der Waals surface area contributed by atoms with E-state index in [1.807, 2.05) is 24.3 Å². The topological polar surface area (TPSA) is 50.7 Å². The Morgan fingerprint density at radius 1 is 1.00 bits per heavy atom. The first-order valence-electron chi connectivity index (χ1n) is 8.51. The second kappa shape index (κ2) is 9.83. The number of methoxy groups -OCH3 is 1. The van der Waals surface area contributed by atoms with Gasteiger partial charge in [-0.1, -0.05) is 31.5 Å². The zero-order valence-corrected chi connectivity index (χ0v) is 14.5. The van der Waals surface area contributed by atoms with Crippen molar-refractivity contribution in [3.05, 3.63) is 53.6 Å². The molecule has 0 bridgehead atoms. The number of benzene rings is 2. The Morgan fingerprint density at radius 3 is 2.46 bits per heavy atom. The molecule has 2 N–H and O–H groups in total. The predicted octanol–water partition coefficient (Wildman–Crippen LogP) is 3.91. The molecule has 0 aromatic heterocycles. The molecule has 0 amide bonds. The number of hydrogen-bond acceptors (Lipinski definition) is 4. The molecule has 0 saturated carbocycles. The molecular weight excluding hydrogens is 302 g/mol. The van der Waals surface area contributed by atoms with Gasteiger partial charge in [0.25, 0.3) is 0 Å². The van der Waals surface area contributed by atoms with Crippen LogP contribution in [0.2, 0.25) is 0 Å². The molecule has 0 radical (unpaired) electrons. The summed E-state index contributed by atoms with van der Waals surface area (Å²) in [6, 6.07) is 13.4. The van der Waals surface area contributed by atoms with E-state index in [-0.39, 0.29) is 0 Å². The minimum absolute atomic E-state index is 0.306. The SMILES string of the molecule is CCCCOc1ccc(CNCCc2ccc(O)cc2)cc1OC. The van der Waals surface area contributed by atoms with Crippen LogP contribution in [0.25, 0.3) is 0 Å². The van der Waals surface area contributed by atoms with E-state index >= 15 is 0 Å². The lowest BCUT2D eigenvalue weighted by molar-refractivity contribution is 0.288. The zero-order valence-electron chi connectivity index (χ0n) is 14.5. The number of nitrogens with one attached hydrogen (secondary N) is 1. The highest BCUT2D eigenvalue weighted by Gasteiger charge is 2.05. The zero-order chi connectivity index (χ0) is 17.2. The largest absolute Gasteiger partial charge is 0.508 e. The molecule has 2 aromatic rings. The van der Waals surface area contributed by atoms with E-state index in [1.165, 1.54) is 11.1 Å². The standard InChI is InChI=1S/C20H27NO3/c1-3-4-13-24-19-10-7-17(14-20(19)23-2)15-21-12-11-16-5-8-18(22)9-6-16/h5-10,14,21-22H,3-4,11-13,15H2,1-2H3. The van der Waals surface area contributed by atoms with Crippen molar-refractivity contribution in [3.8, 4) is 17.2 Å². The van der Waals surface area contributed by atoms with Crippen molar-refractivity contribution in [1.82, 2.24) is 5.32 Å². The Balaban J connectivity index is 1.80. The van der Waals surface area contributed by atoms with Gasteiger partial charge in [0.05, 0.1) is 13.7 Å². The molecule has 0 saturated heterocycles. The number of rotatable bonds is 10. The Morgan fingerprint density at radius 2 is 1.75 bits per heavy atom. The molecule has 4 nitrogen and oxygen atoms in total. The summed E-state index contributed by atoms with van der Waals surface area (Å²) < 4.78 is 11.2. The molecule has 130 valence electrons. The number of phenols is 1. The summed E-state index contributed by atoms with van der Waals surface area (Å²) in [6.45, 7) is 4.52. The van der Waals surface area contributed by atoms with Gasteiger partial charge in [-0.3, -0.25) is 0 Å². The fourth-order valence-electron chi connectivity index (χ4n) is 2.40. The molecule has 0 spiro atoms. The third-order valence-electron chi connectivity index (χ3n) is 3.84. The normalized spacial score (nSPS) is 10.6. The van der Waals surface area contributed by atoms with E-state index in [4.69, 9.17) is 9.47 Å². The Hall–Kier alpha value is -2.20. The Kier molecular flexibility index (Phi) is 7.43. The van der Waals surface area contributed by atoms with Crippen LogP contribution in [0.15, 0.2) is 42.5 Å². The van der Waals surface area contributed by atoms with Crippen molar-refractivity contribution in [1.29, 1.82) is 0 Å². The Bertz CT molecular complexity index is 611. The summed E-state index contributed by atoms with van der Waals surface area (Å²) in [5.74, 6) is 1.89. The Labute approximate surface area is 144 Å². The lowest BCUT2D eigenvalue weighted by Gasteiger charge is -2.12. The summed E-state index contributed by atoms with van der Waals surface area (Å²) in [6.07, 6.45) is 3.09. The van der Waals surface area contributed by atoms with Crippen LogP contribution in [-0.4, -0.2) is 25.4 Å². The van der Waals surface area contributed by atoms with Crippen LogP contribution >= 0.6 is 0 Å². The van der Waals surface area contributed by atoms with Gasteiger partial charge in [-0.05, 0) is 54.8 Å². The van der Waals surface area contributed by atoms with Crippen molar-refractivity contribution in [2.45, 2.75) is 32.7 Å². The van der Waals surface area contributed by atoms with Crippen molar-refractivity contribution in [2.75, 3.05) is 20.3 Å². The smallest absolute Gasteiger partial charge is 0.161 e. The highest BCUT2D eigenvalue weighted by atomic mass is 16.5. The van der Waals surface area contributed by atoms with Crippen LogP contribution in [0, 0.1) is 0 Å². The van der Waals surface area contributed by atoms with Gasteiger partial charge in [-0.2, -0.15) is 0 Å². The van der Waals surface area contributed by atoms with Gasteiger partial charge in [0.15, 0.2) is 11.5 Å². The molecule has 2 aromatic carbocycles. The van der Waals surface area contributed by atoms with Gasteiger partial charge in [-0.15, -0.1) is 0 Å². The fraction of sp³-hybridized carbons (Fsp3) is 0.400. The monoisotopic (exact) mass is 329 g/mol. The molecule has 0 atom stereocenters. The number of unbranched alkanes of at least 4 members (excludes halogenated alkanes) is 1. The molecule has 2 rings (SSSR count). The molecule has 0 heterocycles. The third kappa shape index (κ3) is 5.78. The maximum atomic E-state index is 9.28. The van der Waals surface area contributed by atoms with E-state index in [0.717, 1.165) is 50.5 Å². The van der Waals surface area contributed by atoms with E-state index in [9.17, 15) is 5.11 Å². The number of hydrogen-bond donors (Lipinski definition) is 2. The molecule has 0 aliphatic heterocycles. The first-order chi connectivity index (χ1) is 11.7. The molecule has 4 heteroatoms. The summed E-state index contributed by atoms with van der Waals surface area (Å²) in [5.41, 5.74) is 2.37. The van der Waals surface area contributed by atoms with Gasteiger partial charge in [0, 0.05) is 6.54 Å². The van der Waals surface area contributed by atoms with Gasteiger partial charge >= 0.3 is 0 Å². The van der Waals surface area contributed by atoms with E-state index in [2.05, 4.69) is 18.3 Å². The van der Waals surface area contributed by atoms with Crippen LogP contribution in [-0.2, 0) is 13.0 Å². The van der Waals surface area contributed by atoms with Crippen molar-refractivity contribution < 1.29 is 14.6 Å². The maximum absolute atomic E-state index is 9.28.